The normalized spacial score (nSPS) is 19.6. The van der Waals surface area contributed by atoms with Crippen LogP contribution in [0.5, 0.6) is 0 Å². The van der Waals surface area contributed by atoms with Gasteiger partial charge in [0, 0.05) is 31.2 Å². The second-order valence-electron chi connectivity index (χ2n) is 5.74. The van der Waals surface area contributed by atoms with Crippen LogP contribution in [0.15, 0.2) is 6.07 Å². The van der Waals surface area contributed by atoms with E-state index in [1.807, 2.05) is 4.90 Å². The van der Waals surface area contributed by atoms with Crippen molar-refractivity contribution in [3.8, 4) is 0 Å². The molecule has 1 unspecified atom stereocenters. The van der Waals surface area contributed by atoms with Gasteiger partial charge >= 0.3 is 0 Å². The summed E-state index contributed by atoms with van der Waals surface area (Å²) in [6.45, 7) is 12.9. The SMILES string of the molecule is Cc1cc(C)c(C)c(C(=O)N2CCNC(C)C2)c1C. The van der Waals surface area contributed by atoms with Gasteiger partial charge in [0.25, 0.3) is 5.91 Å². The van der Waals surface area contributed by atoms with Crippen molar-refractivity contribution in [1.29, 1.82) is 0 Å². The van der Waals surface area contributed by atoms with Crippen molar-refractivity contribution in [2.45, 2.75) is 40.7 Å². The maximum Gasteiger partial charge on any atom is 0.254 e. The van der Waals surface area contributed by atoms with E-state index in [1.54, 1.807) is 0 Å². The molecule has 2 rings (SSSR count). The van der Waals surface area contributed by atoms with Crippen LogP contribution in [0.4, 0.5) is 0 Å². The maximum absolute atomic E-state index is 12.8. The summed E-state index contributed by atoms with van der Waals surface area (Å²) in [5.74, 6) is 0.190. The molecule has 19 heavy (non-hydrogen) atoms. The summed E-state index contributed by atoms with van der Waals surface area (Å²) < 4.78 is 0. The molecule has 0 radical (unpaired) electrons. The number of hydrogen-bond acceptors (Lipinski definition) is 2. The van der Waals surface area contributed by atoms with E-state index in [0.29, 0.717) is 6.04 Å². The molecule has 1 aliphatic rings. The monoisotopic (exact) mass is 260 g/mol. The van der Waals surface area contributed by atoms with Crippen LogP contribution in [0.1, 0.15) is 39.5 Å². The molecule has 1 aliphatic heterocycles. The largest absolute Gasteiger partial charge is 0.336 e. The standard InChI is InChI=1S/C16H24N2O/c1-10-8-11(2)14(5)15(13(10)4)16(19)18-7-6-17-12(3)9-18/h8,12,17H,6-7,9H2,1-5H3. The Labute approximate surface area is 116 Å². The van der Waals surface area contributed by atoms with Crippen molar-refractivity contribution in [3.05, 3.63) is 33.9 Å². The number of carbonyl (C=O) groups excluding carboxylic acids is 1. The maximum atomic E-state index is 12.8. The molecule has 3 heteroatoms. The van der Waals surface area contributed by atoms with Gasteiger partial charge in [0.05, 0.1) is 0 Å². The highest BCUT2D eigenvalue weighted by atomic mass is 16.2. The molecular weight excluding hydrogens is 236 g/mol. The third kappa shape index (κ3) is 2.66. The van der Waals surface area contributed by atoms with E-state index >= 15 is 0 Å². The van der Waals surface area contributed by atoms with Crippen LogP contribution >= 0.6 is 0 Å². The Morgan fingerprint density at radius 3 is 2.32 bits per heavy atom. The Morgan fingerprint density at radius 2 is 1.79 bits per heavy atom. The lowest BCUT2D eigenvalue weighted by Crippen LogP contribution is -2.51. The Kier molecular flexibility index (Phi) is 3.95. The summed E-state index contributed by atoms with van der Waals surface area (Å²) in [4.78, 5) is 14.8. The van der Waals surface area contributed by atoms with Crippen molar-refractivity contribution >= 4 is 5.91 Å². The Balaban J connectivity index is 2.38. The minimum absolute atomic E-state index is 0.190. The Bertz CT molecular complexity index is 482. The van der Waals surface area contributed by atoms with E-state index < -0.39 is 0 Å². The van der Waals surface area contributed by atoms with E-state index in [2.05, 4.69) is 46.0 Å². The molecular formula is C16H24N2O. The van der Waals surface area contributed by atoms with Gasteiger partial charge in [-0.05, 0) is 56.9 Å². The van der Waals surface area contributed by atoms with Crippen LogP contribution in [-0.2, 0) is 0 Å². The van der Waals surface area contributed by atoms with Gasteiger partial charge < -0.3 is 10.2 Å². The molecule has 1 heterocycles. The highest BCUT2D eigenvalue weighted by Gasteiger charge is 2.25. The second-order valence-corrected chi connectivity index (χ2v) is 5.74. The summed E-state index contributed by atoms with van der Waals surface area (Å²) in [7, 11) is 0. The molecule has 3 nitrogen and oxygen atoms in total. The van der Waals surface area contributed by atoms with Crippen molar-refractivity contribution in [3.63, 3.8) is 0 Å². The zero-order valence-electron chi connectivity index (χ0n) is 12.6. The highest BCUT2D eigenvalue weighted by molar-refractivity contribution is 5.97. The van der Waals surface area contributed by atoms with Gasteiger partial charge in [-0.25, -0.2) is 0 Å². The number of aryl methyl sites for hydroxylation is 2. The fourth-order valence-electron chi connectivity index (χ4n) is 2.81. The van der Waals surface area contributed by atoms with E-state index in [-0.39, 0.29) is 5.91 Å². The summed E-state index contributed by atoms with van der Waals surface area (Å²) in [5.41, 5.74) is 5.56. The summed E-state index contributed by atoms with van der Waals surface area (Å²) in [6, 6.07) is 2.55. The van der Waals surface area contributed by atoms with Gasteiger partial charge in [0.15, 0.2) is 0 Å². The lowest BCUT2D eigenvalue weighted by Gasteiger charge is -2.33. The molecule has 0 aliphatic carbocycles. The fourth-order valence-corrected chi connectivity index (χ4v) is 2.81. The lowest BCUT2D eigenvalue weighted by atomic mass is 9.93. The molecule has 1 fully saturated rings. The zero-order valence-corrected chi connectivity index (χ0v) is 12.6. The quantitative estimate of drug-likeness (QED) is 0.840. The van der Waals surface area contributed by atoms with Crippen LogP contribution in [0.3, 0.4) is 0 Å². The Morgan fingerprint density at radius 1 is 1.21 bits per heavy atom. The predicted molar refractivity (Wildman–Crippen MR) is 78.8 cm³/mol. The van der Waals surface area contributed by atoms with E-state index in [9.17, 15) is 4.79 Å². The first-order chi connectivity index (χ1) is 8.91. The fraction of sp³-hybridized carbons (Fsp3) is 0.562. The zero-order chi connectivity index (χ0) is 14.2. The molecule has 0 bridgehead atoms. The van der Waals surface area contributed by atoms with Gasteiger partial charge in [-0.3, -0.25) is 4.79 Å². The first kappa shape index (κ1) is 14.1. The molecule has 1 atom stereocenters. The van der Waals surface area contributed by atoms with Gasteiger partial charge in [0.2, 0.25) is 0 Å². The third-order valence-corrected chi connectivity index (χ3v) is 4.24. The number of nitrogens with one attached hydrogen (secondary N) is 1. The molecule has 104 valence electrons. The minimum atomic E-state index is 0.190. The van der Waals surface area contributed by atoms with Crippen LogP contribution in [0, 0.1) is 27.7 Å². The van der Waals surface area contributed by atoms with Crippen molar-refractivity contribution in [2.75, 3.05) is 19.6 Å². The topological polar surface area (TPSA) is 32.3 Å². The van der Waals surface area contributed by atoms with Crippen LogP contribution in [-0.4, -0.2) is 36.5 Å². The molecule has 0 aromatic heterocycles. The van der Waals surface area contributed by atoms with Gasteiger partial charge in [-0.1, -0.05) is 6.07 Å². The van der Waals surface area contributed by atoms with Crippen LogP contribution in [0.25, 0.3) is 0 Å². The number of piperazine rings is 1. The molecule has 1 N–H and O–H groups in total. The average molecular weight is 260 g/mol. The Hall–Kier alpha value is -1.35. The number of benzene rings is 1. The third-order valence-electron chi connectivity index (χ3n) is 4.24. The summed E-state index contributed by atoms with van der Waals surface area (Å²) >= 11 is 0. The van der Waals surface area contributed by atoms with Crippen LogP contribution in [0.2, 0.25) is 0 Å². The van der Waals surface area contributed by atoms with Crippen LogP contribution < -0.4 is 5.32 Å². The number of amides is 1. The van der Waals surface area contributed by atoms with E-state index in [4.69, 9.17) is 0 Å². The first-order valence-corrected chi connectivity index (χ1v) is 7.02. The molecule has 1 amide bonds. The summed E-state index contributed by atoms with van der Waals surface area (Å²) in [6.07, 6.45) is 0. The number of hydrogen-bond donors (Lipinski definition) is 1. The molecule has 1 aromatic rings. The van der Waals surface area contributed by atoms with E-state index in [0.717, 1.165) is 36.3 Å². The van der Waals surface area contributed by atoms with Gasteiger partial charge in [-0.2, -0.15) is 0 Å². The van der Waals surface area contributed by atoms with E-state index in [1.165, 1.54) is 11.1 Å². The lowest BCUT2D eigenvalue weighted by molar-refractivity contribution is 0.0707. The molecule has 1 saturated heterocycles. The van der Waals surface area contributed by atoms with Crippen molar-refractivity contribution < 1.29 is 4.79 Å². The number of nitrogens with zero attached hydrogens (tertiary/aromatic N) is 1. The van der Waals surface area contributed by atoms with Crippen molar-refractivity contribution in [1.82, 2.24) is 10.2 Å². The minimum Gasteiger partial charge on any atom is -0.336 e. The second kappa shape index (κ2) is 5.33. The van der Waals surface area contributed by atoms with Crippen molar-refractivity contribution in [2.24, 2.45) is 0 Å². The smallest absolute Gasteiger partial charge is 0.254 e. The highest BCUT2D eigenvalue weighted by Crippen LogP contribution is 2.23. The van der Waals surface area contributed by atoms with Gasteiger partial charge in [-0.15, -0.1) is 0 Å². The average Bonchev–Trinajstić information content (AvgIpc) is 2.36. The molecule has 0 saturated carbocycles. The molecule has 1 aromatic carbocycles. The predicted octanol–water partition coefficient (Wildman–Crippen LogP) is 2.35. The van der Waals surface area contributed by atoms with Gasteiger partial charge in [0.1, 0.15) is 0 Å². The number of rotatable bonds is 1. The number of carbonyl (C=O) groups is 1. The first-order valence-electron chi connectivity index (χ1n) is 7.02. The summed E-state index contributed by atoms with van der Waals surface area (Å²) in [5, 5.41) is 3.38. The molecule has 0 spiro atoms.